The molecule has 37 heavy (non-hydrogen) atoms. The molecule has 1 aromatic heterocycles. The molecule has 2 heterocycles. The Hall–Kier alpha value is -4.63. The second kappa shape index (κ2) is 11.9. The van der Waals surface area contributed by atoms with E-state index in [0.29, 0.717) is 37.4 Å². The van der Waals surface area contributed by atoms with Crippen LogP contribution in [0.25, 0.3) is 10.4 Å². The van der Waals surface area contributed by atoms with Crippen LogP contribution in [-0.4, -0.2) is 59.0 Å². The minimum absolute atomic E-state index is 0.0813. The normalized spacial score (nSPS) is 14.3. The van der Waals surface area contributed by atoms with Crippen molar-refractivity contribution in [1.82, 2.24) is 19.8 Å². The molecular weight excluding hydrogens is 474 g/mol. The molecular formula is C26H27N7O4. The Morgan fingerprint density at radius 3 is 2.73 bits per heavy atom. The molecule has 0 saturated heterocycles. The Balaban J connectivity index is 1.49. The van der Waals surface area contributed by atoms with Crippen LogP contribution < -0.4 is 5.32 Å². The van der Waals surface area contributed by atoms with Gasteiger partial charge in [-0.3, -0.25) is 9.59 Å². The molecule has 1 aliphatic rings. The van der Waals surface area contributed by atoms with Crippen molar-refractivity contribution in [3.05, 3.63) is 99.4 Å². The molecule has 2 amide bonds. The number of nitrogens with zero attached hydrogens (tertiary/aromatic N) is 6. The average Bonchev–Trinajstić information content (AvgIpc) is 3.37. The molecule has 11 nitrogen and oxygen atoms in total. The molecule has 190 valence electrons. The van der Waals surface area contributed by atoms with Crippen LogP contribution in [0.3, 0.4) is 0 Å². The van der Waals surface area contributed by atoms with E-state index in [4.69, 9.17) is 10.3 Å². The van der Waals surface area contributed by atoms with E-state index in [9.17, 15) is 14.4 Å². The monoisotopic (exact) mass is 501 g/mol. The van der Waals surface area contributed by atoms with Gasteiger partial charge in [0, 0.05) is 43.7 Å². The van der Waals surface area contributed by atoms with E-state index >= 15 is 0 Å². The molecule has 0 saturated carbocycles. The minimum Gasteiger partial charge on any atom is -0.465 e. The van der Waals surface area contributed by atoms with Gasteiger partial charge in [-0.1, -0.05) is 47.6 Å². The van der Waals surface area contributed by atoms with E-state index in [1.54, 1.807) is 29.3 Å². The Morgan fingerprint density at radius 2 is 1.97 bits per heavy atom. The first-order chi connectivity index (χ1) is 18.0. The number of nitrogens with one attached hydrogen (secondary N) is 1. The van der Waals surface area contributed by atoms with Crippen LogP contribution in [-0.2, 0) is 22.5 Å². The Morgan fingerprint density at radius 1 is 1.16 bits per heavy atom. The molecule has 11 heteroatoms. The second-order valence-electron chi connectivity index (χ2n) is 8.48. The summed E-state index contributed by atoms with van der Waals surface area (Å²) in [7, 11) is 1.33. The number of methoxy groups -OCH3 is 1. The molecule has 0 radical (unpaired) electrons. The van der Waals surface area contributed by atoms with Gasteiger partial charge >= 0.3 is 5.97 Å². The largest absolute Gasteiger partial charge is 0.465 e. The summed E-state index contributed by atoms with van der Waals surface area (Å²) in [5.74, 6) is -0.270. The third-order valence-electron chi connectivity index (χ3n) is 6.15. The minimum atomic E-state index is -0.462. The lowest BCUT2D eigenvalue weighted by Gasteiger charge is -2.36. The van der Waals surface area contributed by atoms with Crippen LogP contribution in [0, 0.1) is 0 Å². The van der Waals surface area contributed by atoms with Gasteiger partial charge in [0.05, 0.1) is 12.7 Å². The van der Waals surface area contributed by atoms with E-state index in [0.717, 1.165) is 11.1 Å². The molecule has 3 aromatic rings. The van der Waals surface area contributed by atoms with Gasteiger partial charge in [-0.25, -0.2) is 9.78 Å². The van der Waals surface area contributed by atoms with E-state index in [2.05, 4.69) is 20.3 Å². The molecule has 0 spiro atoms. The number of rotatable bonds is 9. The first kappa shape index (κ1) is 25.5. The van der Waals surface area contributed by atoms with Crippen molar-refractivity contribution in [3.63, 3.8) is 0 Å². The van der Waals surface area contributed by atoms with Crippen molar-refractivity contribution in [2.24, 2.45) is 5.11 Å². The highest BCUT2D eigenvalue weighted by atomic mass is 16.5. The van der Waals surface area contributed by atoms with Crippen LogP contribution in [0.15, 0.2) is 65.9 Å². The predicted octanol–water partition coefficient (Wildman–Crippen LogP) is 3.27. The van der Waals surface area contributed by atoms with E-state index in [1.807, 2.05) is 41.0 Å². The number of aromatic nitrogens is 2. The maximum atomic E-state index is 13.0. The molecule has 4 rings (SSSR count). The first-order valence-electron chi connectivity index (χ1n) is 11.9. The Labute approximate surface area is 213 Å². The SMILES string of the molecule is COC(=O)c1cccc(CCNC(=O)c2cn3c(n2)C(c2ccccc2)N(C(=O)CCN=[N+]=[N-])CC3)c1. The topological polar surface area (TPSA) is 142 Å². The van der Waals surface area contributed by atoms with E-state index in [-0.39, 0.29) is 30.5 Å². The molecule has 1 aliphatic heterocycles. The maximum Gasteiger partial charge on any atom is 0.337 e. The maximum absolute atomic E-state index is 13.0. The summed E-state index contributed by atoms with van der Waals surface area (Å²) >= 11 is 0. The van der Waals surface area contributed by atoms with Crippen molar-refractivity contribution in [3.8, 4) is 0 Å². The number of benzene rings is 2. The van der Waals surface area contributed by atoms with Crippen molar-refractivity contribution in [1.29, 1.82) is 0 Å². The summed E-state index contributed by atoms with van der Waals surface area (Å²) in [6.45, 7) is 1.37. The van der Waals surface area contributed by atoms with Crippen LogP contribution in [0.4, 0.5) is 0 Å². The molecule has 1 unspecified atom stereocenters. The standard InChI is InChI=1S/C26H27N7O4/c1-37-26(36)20-9-5-6-18(16-20)10-12-28-25(35)21-17-32-14-15-33(22(34)11-13-29-31-27)23(24(32)30-21)19-7-3-2-4-8-19/h2-9,16-17,23H,10-15H2,1H3,(H,28,35). The fourth-order valence-corrected chi connectivity index (χ4v) is 4.37. The Kier molecular flexibility index (Phi) is 8.17. The fourth-order valence-electron chi connectivity index (χ4n) is 4.37. The predicted molar refractivity (Wildman–Crippen MR) is 135 cm³/mol. The van der Waals surface area contributed by atoms with Crippen molar-refractivity contribution < 1.29 is 19.1 Å². The van der Waals surface area contributed by atoms with Gasteiger partial charge in [-0.2, -0.15) is 0 Å². The van der Waals surface area contributed by atoms with Crippen molar-refractivity contribution in [2.45, 2.75) is 25.4 Å². The summed E-state index contributed by atoms with van der Waals surface area (Å²) in [5, 5.41) is 6.36. The average molecular weight is 502 g/mol. The van der Waals surface area contributed by atoms with Gasteiger partial charge in [0.25, 0.3) is 5.91 Å². The lowest BCUT2D eigenvalue weighted by atomic mass is 10.0. The highest BCUT2D eigenvalue weighted by Gasteiger charge is 2.34. The molecule has 2 aromatic carbocycles. The third-order valence-corrected chi connectivity index (χ3v) is 6.15. The number of amides is 2. The highest BCUT2D eigenvalue weighted by Crippen LogP contribution is 2.32. The van der Waals surface area contributed by atoms with Crippen LogP contribution >= 0.6 is 0 Å². The smallest absolute Gasteiger partial charge is 0.337 e. The van der Waals surface area contributed by atoms with Gasteiger partial charge in [0.15, 0.2) is 0 Å². The van der Waals surface area contributed by atoms with Gasteiger partial charge in [0.1, 0.15) is 17.6 Å². The zero-order chi connectivity index (χ0) is 26.2. The summed E-state index contributed by atoms with van der Waals surface area (Å²) in [6, 6.07) is 16.1. The second-order valence-corrected chi connectivity index (χ2v) is 8.48. The number of hydrogen-bond donors (Lipinski definition) is 1. The highest BCUT2D eigenvalue weighted by molar-refractivity contribution is 5.92. The van der Waals surface area contributed by atoms with Crippen molar-refractivity contribution in [2.75, 3.05) is 26.7 Å². The number of fused-ring (bicyclic) bond motifs is 1. The zero-order valence-electron chi connectivity index (χ0n) is 20.4. The van der Waals surface area contributed by atoms with Gasteiger partial charge < -0.3 is 19.5 Å². The molecule has 1 N–H and O–H groups in total. The number of ether oxygens (including phenoxy) is 1. The molecule has 0 fully saturated rings. The lowest BCUT2D eigenvalue weighted by Crippen LogP contribution is -2.43. The molecule has 0 aliphatic carbocycles. The van der Waals surface area contributed by atoms with Gasteiger partial charge in [-0.05, 0) is 35.2 Å². The van der Waals surface area contributed by atoms with Gasteiger partial charge in [0.2, 0.25) is 5.91 Å². The summed E-state index contributed by atoms with van der Waals surface area (Å²) in [4.78, 5) is 46.7. The lowest BCUT2D eigenvalue weighted by molar-refractivity contribution is -0.133. The number of hydrogen-bond acceptors (Lipinski definition) is 6. The quantitative estimate of drug-likeness (QED) is 0.207. The molecule has 0 bridgehead atoms. The van der Waals surface area contributed by atoms with Crippen LogP contribution in [0.5, 0.6) is 0 Å². The zero-order valence-corrected chi connectivity index (χ0v) is 20.4. The summed E-state index contributed by atoms with van der Waals surface area (Å²) < 4.78 is 6.66. The van der Waals surface area contributed by atoms with Crippen LogP contribution in [0.1, 0.15) is 50.3 Å². The van der Waals surface area contributed by atoms with Gasteiger partial charge in [-0.15, -0.1) is 0 Å². The third kappa shape index (κ3) is 5.96. The number of imidazole rings is 1. The summed E-state index contributed by atoms with van der Waals surface area (Å²) in [6.07, 6.45) is 2.34. The number of esters is 1. The Bertz CT molecular complexity index is 1330. The first-order valence-corrected chi connectivity index (χ1v) is 11.9. The number of azide groups is 1. The summed E-state index contributed by atoms with van der Waals surface area (Å²) in [5.41, 5.74) is 11.0. The number of carbonyl (C=O) groups excluding carboxylic acids is 3. The van der Waals surface area contributed by atoms with Crippen molar-refractivity contribution >= 4 is 17.8 Å². The fraction of sp³-hybridized carbons (Fsp3) is 0.308. The van der Waals surface area contributed by atoms with E-state index in [1.165, 1.54) is 7.11 Å². The van der Waals surface area contributed by atoms with E-state index < -0.39 is 12.0 Å². The number of carbonyl (C=O) groups is 3. The van der Waals surface area contributed by atoms with Crippen LogP contribution in [0.2, 0.25) is 0 Å². The molecule has 1 atom stereocenters.